The number of hydrogen-bond donors (Lipinski definition) is 2. The lowest BCUT2D eigenvalue weighted by atomic mass is 10.2. The lowest BCUT2D eigenvalue weighted by molar-refractivity contribution is 0.0618. The van der Waals surface area contributed by atoms with Crippen LogP contribution in [0.15, 0.2) is 21.5 Å². The van der Waals surface area contributed by atoms with Crippen LogP contribution in [0.1, 0.15) is 20.9 Å². The molecule has 0 atom stereocenters. The molecule has 0 spiro atoms. The summed E-state index contributed by atoms with van der Waals surface area (Å²) in [5.41, 5.74) is -1.76. The van der Waals surface area contributed by atoms with Crippen LogP contribution < -0.4 is 5.43 Å². The van der Waals surface area contributed by atoms with Crippen molar-refractivity contribution in [3.05, 3.63) is 33.9 Å². The Morgan fingerprint density at radius 2 is 1.85 bits per heavy atom. The molecular weight excluding hydrogens is 180 g/mol. The molecule has 1 aromatic heterocycles. The SMILES string of the molecule is O=C(O)c1occc(=O)c1C(=O)O. The average Bonchev–Trinajstić information content (AvgIpc) is 2.02. The summed E-state index contributed by atoms with van der Waals surface area (Å²) in [5, 5.41) is 16.9. The van der Waals surface area contributed by atoms with Crippen LogP contribution >= 0.6 is 0 Å². The van der Waals surface area contributed by atoms with Gasteiger partial charge in [-0.3, -0.25) is 4.79 Å². The standard InChI is InChI=1S/C7H4O6/c8-3-1-2-13-5(7(11)12)4(3)6(9)10/h1-2H,(H,9,10)(H,11,12). The summed E-state index contributed by atoms with van der Waals surface area (Å²) in [7, 11) is 0. The van der Waals surface area contributed by atoms with Crippen molar-refractivity contribution in [2.45, 2.75) is 0 Å². The van der Waals surface area contributed by atoms with E-state index in [1.807, 2.05) is 0 Å². The van der Waals surface area contributed by atoms with Crippen molar-refractivity contribution in [3.8, 4) is 0 Å². The van der Waals surface area contributed by atoms with Crippen molar-refractivity contribution in [3.63, 3.8) is 0 Å². The first kappa shape index (κ1) is 8.98. The molecule has 0 aliphatic carbocycles. The first-order valence-electron chi connectivity index (χ1n) is 3.12. The maximum Gasteiger partial charge on any atom is 0.372 e. The molecule has 0 radical (unpaired) electrons. The third-order valence-electron chi connectivity index (χ3n) is 1.29. The largest absolute Gasteiger partial charge is 0.477 e. The molecule has 2 N–H and O–H groups in total. The Kier molecular flexibility index (Phi) is 2.14. The highest BCUT2D eigenvalue weighted by Gasteiger charge is 2.21. The first-order chi connectivity index (χ1) is 6.04. The van der Waals surface area contributed by atoms with Gasteiger partial charge in [-0.1, -0.05) is 0 Å². The Morgan fingerprint density at radius 1 is 1.23 bits per heavy atom. The van der Waals surface area contributed by atoms with Gasteiger partial charge in [-0.15, -0.1) is 0 Å². The maximum atomic E-state index is 10.9. The van der Waals surface area contributed by atoms with Crippen LogP contribution in [0.2, 0.25) is 0 Å². The van der Waals surface area contributed by atoms with Gasteiger partial charge in [0.15, 0.2) is 11.0 Å². The summed E-state index contributed by atoms with van der Waals surface area (Å²) in [6.45, 7) is 0. The average molecular weight is 184 g/mol. The van der Waals surface area contributed by atoms with E-state index < -0.39 is 28.7 Å². The molecule has 0 saturated heterocycles. The zero-order chi connectivity index (χ0) is 10.0. The van der Waals surface area contributed by atoms with E-state index in [1.54, 1.807) is 0 Å². The summed E-state index contributed by atoms with van der Waals surface area (Å²) >= 11 is 0. The van der Waals surface area contributed by atoms with Gasteiger partial charge in [0.05, 0.1) is 6.26 Å². The number of carbonyl (C=O) groups is 2. The zero-order valence-electron chi connectivity index (χ0n) is 6.18. The van der Waals surface area contributed by atoms with Crippen molar-refractivity contribution >= 4 is 11.9 Å². The molecule has 6 nitrogen and oxygen atoms in total. The molecule has 0 aromatic carbocycles. The highest BCUT2D eigenvalue weighted by molar-refractivity contribution is 5.99. The summed E-state index contributed by atoms with van der Waals surface area (Å²) < 4.78 is 4.38. The van der Waals surface area contributed by atoms with E-state index in [1.165, 1.54) is 0 Å². The van der Waals surface area contributed by atoms with Crippen LogP contribution in [0.4, 0.5) is 0 Å². The smallest absolute Gasteiger partial charge is 0.372 e. The van der Waals surface area contributed by atoms with Gasteiger partial charge in [0.1, 0.15) is 0 Å². The molecule has 0 saturated carbocycles. The van der Waals surface area contributed by atoms with E-state index in [9.17, 15) is 14.4 Å². The lowest BCUT2D eigenvalue weighted by Crippen LogP contribution is -2.19. The molecule has 0 aliphatic rings. The second-order valence-electron chi connectivity index (χ2n) is 2.10. The number of aromatic carboxylic acids is 2. The fourth-order valence-electron chi connectivity index (χ4n) is 0.778. The molecule has 1 rings (SSSR count). The van der Waals surface area contributed by atoms with Crippen LogP contribution in [-0.4, -0.2) is 22.2 Å². The van der Waals surface area contributed by atoms with Gasteiger partial charge in [0, 0.05) is 6.07 Å². The van der Waals surface area contributed by atoms with Crippen LogP contribution in [-0.2, 0) is 0 Å². The molecule has 0 amide bonds. The van der Waals surface area contributed by atoms with Crippen LogP contribution in [0.25, 0.3) is 0 Å². The minimum Gasteiger partial charge on any atom is -0.477 e. The topological polar surface area (TPSA) is 105 Å². The summed E-state index contributed by atoms with van der Waals surface area (Å²) in [6, 6.07) is 0.843. The highest BCUT2D eigenvalue weighted by Crippen LogP contribution is 2.03. The number of carboxylic acids is 2. The lowest BCUT2D eigenvalue weighted by Gasteiger charge is -1.96. The Balaban J connectivity index is 3.52. The van der Waals surface area contributed by atoms with Crippen molar-refractivity contribution in [1.29, 1.82) is 0 Å². The van der Waals surface area contributed by atoms with Crippen molar-refractivity contribution in [2.24, 2.45) is 0 Å². The maximum absolute atomic E-state index is 10.9. The van der Waals surface area contributed by atoms with Gasteiger partial charge in [0.25, 0.3) is 0 Å². The second-order valence-corrected chi connectivity index (χ2v) is 2.10. The molecule has 68 valence electrons. The van der Waals surface area contributed by atoms with Gasteiger partial charge < -0.3 is 14.6 Å². The van der Waals surface area contributed by atoms with Gasteiger partial charge >= 0.3 is 11.9 Å². The van der Waals surface area contributed by atoms with Crippen molar-refractivity contribution in [2.75, 3.05) is 0 Å². The molecule has 1 aromatic rings. The van der Waals surface area contributed by atoms with Gasteiger partial charge in [-0.2, -0.15) is 0 Å². The normalized spacial score (nSPS) is 9.54. The van der Waals surface area contributed by atoms with Crippen molar-refractivity contribution in [1.82, 2.24) is 0 Å². The van der Waals surface area contributed by atoms with Crippen LogP contribution in [0.3, 0.4) is 0 Å². The number of carboxylic acid groups (broad SMARTS) is 2. The monoisotopic (exact) mass is 184 g/mol. The molecule has 0 aliphatic heterocycles. The third kappa shape index (κ3) is 1.56. The van der Waals surface area contributed by atoms with E-state index in [4.69, 9.17) is 10.2 Å². The first-order valence-corrected chi connectivity index (χ1v) is 3.12. The predicted molar refractivity (Wildman–Crippen MR) is 38.9 cm³/mol. The third-order valence-corrected chi connectivity index (χ3v) is 1.29. The fraction of sp³-hybridized carbons (Fsp3) is 0. The Bertz CT molecular complexity index is 415. The molecule has 0 bridgehead atoms. The molecule has 1 heterocycles. The summed E-state index contributed by atoms with van der Waals surface area (Å²) in [5.74, 6) is -4.07. The highest BCUT2D eigenvalue weighted by atomic mass is 16.4. The summed E-state index contributed by atoms with van der Waals surface area (Å²) in [6.07, 6.45) is 0.832. The number of rotatable bonds is 2. The summed E-state index contributed by atoms with van der Waals surface area (Å²) in [4.78, 5) is 31.7. The van der Waals surface area contributed by atoms with E-state index in [2.05, 4.69) is 4.42 Å². The van der Waals surface area contributed by atoms with E-state index in [0.29, 0.717) is 0 Å². The predicted octanol–water partition coefficient (Wildman–Crippen LogP) is 0.0362. The molecule has 13 heavy (non-hydrogen) atoms. The minimum absolute atomic E-state index is 0.832. The van der Waals surface area contributed by atoms with Crippen LogP contribution in [0, 0.1) is 0 Å². The fourth-order valence-corrected chi connectivity index (χ4v) is 0.778. The minimum atomic E-state index is -1.62. The molecule has 0 fully saturated rings. The van der Waals surface area contributed by atoms with E-state index in [-0.39, 0.29) is 0 Å². The van der Waals surface area contributed by atoms with E-state index in [0.717, 1.165) is 12.3 Å². The molecule has 0 unspecified atom stereocenters. The Hall–Kier alpha value is -2.11. The second kappa shape index (κ2) is 3.10. The molecular formula is C7H4O6. The van der Waals surface area contributed by atoms with E-state index >= 15 is 0 Å². The van der Waals surface area contributed by atoms with Gasteiger partial charge in [0.2, 0.25) is 5.76 Å². The Labute approximate surface area is 71.0 Å². The van der Waals surface area contributed by atoms with Crippen molar-refractivity contribution < 1.29 is 24.2 Å². The Morgan fingerprint density at radius 3 is 2.23 bits per heavy atom. The van der Waals surface area contributed by atoms with Gasteiger partial charge in [-0.05, 0) is 0 Å². The zero-order valence-corrected chi connectivity index (χ0v) is 6.18. The quantitative estimate of drug-likeness (QED) is 0.672. The number of hydrogen-bond acceptors (Lipinski definition) is 4. The van der Waals surface area contributed by atoms with Gasteiger partial charge in [-0.25, -0.2) is 9.59 Å². The molecule has 6 heteroatoms. The van der Waals surface area contributed by atoms with Crippen LogP contribution in [0.5, 0.6) is 0 Å².